The molecule has 1 saturated heterocycles. The molecule has 5 heteroatoms. The van der Waals surface area contributed by atoms with Crippen LogP contribution in [-0.4, -0.2) is 33.6 Å². The van der Waals surface area contributed by atoms with Crippen molar-refractivity contribution in [3.8, 4) is 0 Å². The summed E-state index contributed by atoms with van der Waals surface area (Å²) in [7, 11) is 0. The highest BCUT2D eigenvalue weighted by Crippen LogP contribution is 2.26. The Kier molecular flexibility index (Phi) is 4.73. The van der Waals surface area contributed by atoms with E-state index < -0.39 is 11.0 Å². The summed E-state index contributed by atoms with van der Waals surface area (Å²) in [5.74, 6) is 0. The van der Waals surface area contributed by atoms with Gasteiger partial charge in [0.15, 0.2) is 0 Å². The van der Waals surface area contributed by atoms with Gasteiger partial charge in [0.1, 0.15) is 0 Å². The molecule has 0 saturated carbocycles. The summed E-state index contributed by atoms with van der Waals surface area (Å²) < 4.78 is 0. The first-order chi connectivity index (χ1) is 9.49. The Balaban J connectivity index is 2.03. The lowest BCUT2D eigenvalue weighted by molar-refractivity contribution is -0.384. The topological polar surface area (TPSA) is 66.6 Å². The van der Waals surface area contributed by atoms with Gasteiger partial charge in [0.05, 0.1) is 11.0 Å². The van der Waals surface area contributed by atoms with Crippen LogP contribution in [0, 0.1) is 10.1 Å². The number of benzene rings is 1. The number of hydrogen-bond acceptors (Lipinski definition) is 4. The summed E-state index contributed by atoms with van der Waals surface area (Å²) in [6.45, 7) is 4.97. The maximum atomic E-state index is 10.6. The summed E-state index contributed by atoms with van der Waals surface area (Å²) in [5, 5.41) is 20.9. The summed E-state index contributed by atoms with van der Waals surface area (Å²) in [4.78, 5) is 12.5. The van der Waals surface area contributed by atoms with E-state index in [4.69, 9.17) is 0 Å². The van der Waals surface area contributed by atoms with Gasteiger partial charge >= 0.3 is 0 Å². The minimum atomic E-state index is -0.598. The molecule has 0 aromatic heterocycles. The van der Waals surface area contributed by atoms with E-state index in [1.54, 1.807) is 12.1 Å². The number of nitro groups is 1. The molecular weight excluding hydrogens is 256 g/mol. The van der Waals surface area contributed by atoms with Crippen LogP contribution in [0.15, 0.2) is 24.3 Å². The summed E-state index contributed by atoms with van der Waals surface area (Å²) >= 11 is 0. The Bertz CT molecular complexity index is 451. The van der Waals surface area contributed by atoms with Crippen molar-refractivity contribution < 1.29 is 10.0 Å². The molecule has 1 aliphatic heterocycles. The molecule has 1 aromatic carbocycles. The lowest BCUT2D eigenvalue weighted by Crippen LogP contribution is -2.45. The van der Waals surface area contributed by atoms with E-state index in [1.807, 2.05) is 0 Å². The molecule has 1 heterocycles. The Labute approximate surface area is 119 Å². The van der Waals surface area contributed by atoms with Crippen molar-refractivity contribution in [3.05, 3.63) is 39.9 Å². The first-order valence-corrected chi connectivity index (χ1v) is 7.17. The number of likely N-dealkylation sites (tertiary alicyclic amines) is 1. The number of rotatable bonds is 4. The number of nitro benzene ring substituents is 1. The van der Waals surface area contributed by atoms with Crippen molar-refractivity contribution in [2.24, 2.45) is 0 Å². The molecule has 3 atom stereocenters. The lowest BCUT2D eigenvalue weighted by Gasteiger charge is -2.40. The van der Waals surface area contributed by atoms with Crippen molar-refractivity contribution in [1.82, 2.24) is 4.90 Å². The second-order valence-electron chi connectivity index (χ2n) is 5.69. The van der Waals surface area contributed by atoms with Gasteiger partial charge in [-0.2, -0.15) is 0 Å². The number of non-ortho nitro benzene ring substituents is 1. The van der Waals surface area contributed by atoms with E-state index >= 15 is 0 Å². The number of piperidine rings is 1. The largest absolute Gasteiger partial charge is 0.387 e. The highest BCUT2D eigenvalue weighted by molar-refractivity contribution is 5.33. The fourth-order valence-electron chi connectivity index (χ4n) is 2.96. The summed E-state index contributed by atoms with van der Waals surface area (Å²) in [6, 6.07) is 7.13. The third-order valence-corrected chi connectivity index (χ3v) is 4.25. The van der Waals surface area contributed by atoms with E-state index in [1.165, 1.54) is 18.6 Å². The molecule has 2 rings (SSSR count). The van der Waals surface area contributed by atoms with Crippen molar-refractivity contribution in [3.63, 3.8) is 0 Å². The Hall–Kier alpha value is -1.46. The fourth-order valence-corrected chi connectivity index (χ4v) is 2.96. The number of β-amino-alcohol motifs (C(OH)–C–C–N with tert-alkyl or cyclic N) is 1. The molecule has 110 valence electrons. The van der Waals surface area contributed by atoms with Crippen molar-refractivity contribution in [2.75, 3.05) is 6.54 Å². The molecule has 3 unspecified atom stereocenters. The molecule has 1 N–H and O–H groups in total. The molecular formula is C15H22N2O3. The van der Waals surface area contributed by atoms with Gasteiger partial charge < -0.3 is 5.11 Å². The van der Waals surface area contributed by atoms with Crippen molar-refractivity contribution in [2.45, 2.75) is 51.3 Å². The Morgan fingerprint density at radius 3 is 2.35 bits per heavy atom. The number of nitrogens with zero attached hydrogens (tertiary/aromatic N) is 2. The van der Waals surface area contributed by atoms with E-state index in [0.29, 0.717) is 18.6 Å². The quantitative estimate of drug-likeness (QED) is 0.679. The SMILES string of the molecule is CC1CCCC(C)N1CC(O)c1ccc([N+](=O)[O-])cc1. The summed E-state index contributed by atoms with van der Waals surface area (Å²) in [5.41, 5.74) is 0.793. The standard InChI is InChI=1S/C15H22N2O3/c1-11-4-3-5-12(2)16(11)10-15(18)13-6-8-14(9-7-13)17(19)20/h6-9,11-12,15,18H,3-5,10H2,1-2H3. The third kappa shape index (κ3) is 3.35. The van der Waals surface area contributed by atoms with E-state index in [-0.39, 0.29) is 5.69 Å². The number of hydrogen-bond donors (Lipinski definition) is 1. The van der Waals surface area contributed by atoms with E-state index in [9.17, 15) is 15.2 Å². The fraction of sp³-hybridized carbons (Fsp3) is 0.600. The van der Waals surface area contributed by atoms with Crippen LogP contribution in [0.1, 0.15) is 44.8 Å². The Morgan fingerprint density at radius 2 is 1.85 bits per heavy atom. The third-order valence-electron chi connectivity index (χ3n) is 4.25. The van der Waals surface area contributed by atoms with Gasteiger partial charge in [0.25, 0.3) is 5.69 Å². The van der Waals surface area contributed by atoms with Gasteiger partial charge in [-0.05, 0) is 44.4 Å². The average molecular weight is 278 g/mol. The molecule has 1 aliphatic rings. The predicted molar refractivity (Wildman–Crippen MR) is 77.5 cm³/mol. The van der Waals surface area contributed by atoms with Crippen LogP contribution in [0.25, 0.3) is 0 Å². The lowest BCUT2D eigenvalue weighted by atomic mass is 9.96. The number of aliphatic hydroxyl groups is 1. The zero-order chi connectivity index (χ0) is 14.7. The second-order valence-corrected chi connectivity index (χ2v) is 5.69. The van der Waals surface area contributed by atoms with Crippen LogP contribution >= 0.6 is 0 Å². The van der Waals surface area contributed by atoms with Crippen molar-refractivity contribution >= 4 is 5.69 Å². The van der Waals surface area contributed by atoms with Gasteiger partial charge in [-0.1, -0.05) is 6.42 Å². The molecule has 1 fully saturated rings. The molecule has 1 aromatic rings. The van der Waals surface area contributed by atoms with Crippen LogP contribution in [0.2, 0.25) is 0 Å². The van der Waals surface area contributed by atoms with Gasteiger partial charge in [-0.3, -0.25) is 15.0 Å². The molecule has 0 spiro atoms. The first kappa shape index (κ1) is 14.9. The normalized spacial score (nSPS) is 25.4. The van der Waals surface area contributed by atoms with Gasteiger partial charge in [-0.25, -0.2) is 0 Å². The van der Waals surface area contributed by atoms with Crippen LogP contribution in [0.4, 0.5) is 5.69 Å². The second kappa shape index (κ2) is 6.33. The number of aliphatic hydroxyl groups excluding tert-OH is 1. The zero-order valence-corrected chi connectivity index (χ0v) is 12.0. The molecule has 20 heavy (non-hydrogen) atoms. The zero-order valence-electron chi connectivity index (χ0n) is 12.0. The first-order valence-electron chi connectivity index (χ1n) is 7.17. The maximum absolute atomic E-state index is 10.6. The molecule has 0 bridgehead atoms. The monoisotopic (exact) mass is 278 g/mol. The van der Waals surface area contributed by atoms with E-state index in [2.05, 4.69) is 18.7 Å². The highest BCUT2D eigenvalue weighted by atomic mass is 16.6. The van der Waals surface area contributed by atoms with Crippen LogP contribution in [-0.2, 0) is 0 Å². The minimum Gasteiger partial charge on any atom is -0.387 e. The van der Waals surface area contributed by atoms with Crippen LogP contribution in [0.3, 0.4) is 0 Å². The molecule has 0 aliphatic carbocycles. The summed E-state index contributed by atoms with van der Waals surface area (Å²) in [6.07, 6.45) is 2.97. The maximum Gasteiger partial charge on any atom is 0.269 e. The van der Waals surface area contributed by atoms with Crippen LogP contribution < -0.4 is 0 Å². The van der Waals surface area contributed by atoms with Gasteiger partial charge in [0.2, 0.25) is 0 Å². The highest BCUT2D eigenvalue weighted by Gasteiger charge is 2.26. The average Bonchev–Trinajstić information content (AvgIpc) is 2.43. The smallest absolute Gasteiger partial charge is 0.269 e. The van der Waals surface area contributed by atoms with Crippen molar-refractivity contribution in [1.29, 1.82) is 0 Å². The predicted octanol–water partition coefficient (Wildman–Crippen LogP) is 2.89. The minimum absolute atomic E-state index is 0.0562. The molecule has 0 radical (unpaired) electrons. The molecule has 5 nitrogen and oxygen atoms in total. The van der Waals surface area contributed by atoms with Crippen LogP contribution in [0.5, 0.6) is 0 Å². The van der Waals surface area contributed by atoms with E-state index in [0.717, 1.165) is 18.4 Å². The Morgan fingerprint density at radius 1 is 1.30 bits per heavy atom. The van der Waals surface area contributed by atoms with Gasteiger partial charge in [-0.15, -0.1) is 0 Å². The molecule has 0 amide bonds. The van der Waals surface area contributed by atoms with Gasteiger partial charge in [0, 0.05) is 30.8 Å².